The molecule has 0 aliphatic rings. The summed E-state index contributed by atoms with van der Waals surface area (Å²) >= 11 is 0. The van der Waals surface area contributed by atoms with E-state index in [2.05, 4.69) is 4.74 Å². The molecule has 6 nitrogen and oxygen atoms in total. The fourth-order valence-corrected chi connectivity index (χ4v) is 1.29. The van der Waals surface area contributed by atoms with Crippen molar-refractivity contribution in [3.05, 3.63) is 33.7 Å². The number of ether oxygens (including phenoxy) is 1. The van der Waals surface area contributed by atoms with Gasteiger partial charge in [0.1, 0.15) is 12.2 Å². The Balaban J connectivity index is 3.44. The van der Waals surface area contributed by atoms with Gasteiger partial charge >= 0.3 is 18.1 Å². The van der Waals surface area contributed by atoms with Crippen LogP contribution in [0.5, 0.6) is 0 Å². The average Bonchev–Trinajstić information content (AvgIpc) is 2.29. The SMILES string of the molecule is COC(=O)Cn1c(C(=O)O)cc(C(F)(F)F)cc1=O. The zero-order valence-corrected chi connectivity index (χ0v) is 9.52. The zero-order chi connectivity index (χ0) is 14.8. The van der Waals surface area contributed by atoms with E-state index in [1.807, 2.05) is 0 Å². The highest BCUT2D eigenvalue weighted by Crippen LogP contribution is 2.28. The number of nitrogens with zero attached hydrogens (tertiary/aromatic N) is 1. The summed E-state index contributed by atoms with van der Waals surface area (Å²) in [7, 11) is 0.998. The fourth-order valence-electron chi connectivity index (χ4n) is 1.29. The molecule has 0 atom stereocenters. The van der Waals surface area contributed by atoms with E-state index in [9.17, 15) is 27.6 Å². The molecule has 104 valence electrons. The lowest BCUT2D eigenvalue weighted by atomic mass is 10.2. The number of carbonyl (C=O) groups excluding carboxylic acids is 1. The lowest BCUT2D eigenvalue weighted by Crippen LogP contribution is -2.30. The number of alkyl halides is 3. The van der Waals surface area contributed by atoms with Crippen molar-refractivity contribution in [2.24, 2.45) is 0 Å². The number of pyridine rings is 1. The Bertz CT molecular complexity index is 576. The van der Waals surface area contributed by atoms with Crippen molar-refractivity contribution in [1.29, 1.82) is 0 Å². The van der Waals surface area contributed by atoms with E-state index in [0.717, 1.165) is 7.11 Å². The molecule has 1 N–H and O–H groups in total. The second-order valence-corrected chi connectivity index (χ2v) is 3.43. The molecular formula is C10H8F3NO5. The van der Waals surface area contributed by atoms with Gasteiger partial charge in [0, 0.05) is 6.07 Å². The van der Waals surface area contributed by atoms with Crippen LogP contribution in [0.1, 0.15) is 16.1 Å². The van der Waals surface area contributed by atoms with Gasteiger partial charge in [0.2, 0.25) is 0 Å². The predicted octanol–water partition coefficient (Wildman–Crippen LogP) is 0.738. The molecule has 0 aliphatic carbocycles. The number of hydrogen-bond acceptors (Lipinski definition) is 4. The van der Waals surface area contributed by atoms with Crippen LogP contribution in [-0.4, -0.2) is 28.7 Å². The minimum atomic E-state index is -4.85. The number of carboxylic acids is 1. The quantitative estimate of drug-likeness (QED) is 0.825. The van der Waals surface area contributed by atoms with Crippen LogP contribution in [0.25, 0.3) is 0 Å². The molecule has 0 fully saturated rings. The first-order chi connectivity index (χ1) is 8.66. The summed E-state index contributed by atoms with van der Waals surface area (Å²) in [5.74, 6) is -2.71. The van der Waals surface area contributed by atoms with E-state index in [1.165, 1.54) is 0 Å². The van der Waals surface area contributed by atoms with Crippen LogP contribution in [0.3, 0.4) is 0 Å². The first kappa shape index (κ1) is 14.7. The zero-order valence-electron chi connectivity index (χ0n) is 9.52. The van der Waals surface area contributed by atoms with Gasteiger partial charge in [-0.25, -0.2) is 4.79 Å². The minimum absolute atomic E-state index is 0.218. The van der Waals surface area contributed by atoms with Crippen molar-refractivity contribution < 1.29 is 32.6 Å². The van der Waals surface area contributed by atoms with Crippen molar-refractivity contribution in [2.75, 3.05) is 7.11 Å². The van der Waals surface area contributed by atoms with Crippen molar-refractivity contribution in [3.63, 3.8) is 0 Å². The number of rotatable bonds is 3. The van der Waals surface area contributed by atoms with Gasteiger partial charge in [-0.15, -0.1) is 0 Å². The third kappa shape index (κ3) is 3.33. The second-order valence-electron chi connectivity index (χ2n) is 3.43. The molecule has 1 rings (SSSR count). The Kier molecular flexibility index (Phi) is 3.98. The van der Waals surface area contributed by atoms with Gasteiger partial charge in [0.25, 0.3) is 5.56 Å². The first-order valence-corrected chi connectivity index (χ1v) is 4.79. The van der Waals surface area contributed by atoms with E-state index in [4.69, 9.17) is 5.11 Å². The highest BCUT2D eigenvalue weighted by Gasteiger charge is 2.33. The van der Waals surface area contributed by atoms with Gasteiger partial charge in [-0.2, -0.15) is 13.2 Å². The molecule has 9 heteroatoms. The highest BCUT2D eigenvalue weighted by atomic mass is 19.4. The van der Waals surface area contributed by atoms with Gasteiger partial charge in [0.15, 0.2) is 0 Å². The molecule has 0 saturated heterocycles. The molecule has 0 bridgehead atoms. The standard InChI is InChI=1S/C10H8F3NO5/c1-19-8(16)4-14-6(9(17)18)2-5(3-7(14)15)10(11,12)13/h2-3H,4H2,1H3,(H,17,18). The van der Waals surface area contributed by atoms with Crippen LogP contribution >= 0.6 is 0 Å². The number of halogens is 3. The average molecular weight is 279 g/mol. The van der Waals surface area contributed by atoms with Gasteiger partial charge < -0.3 is 9.84 Å². The smallest absolute Gasteiger partial charge is 0.416 e. The molecule has 19 heavy (non-hydrogen) atoms. The lowest BCUT2D eigenvalue weighted by molar-refractivity contribution is -0.141. The normalized spacial score (nSPS) is 11.2. The maximum Gasteiger partial charge on any atom is 0.416 e. The van der Waals surface area contributed by atoms with Crippen LogP contribution in [-0.2, 0) is 22.3 Å². The molecular weight excluding hydrogens is 271 g/mol. The number of methoxy groups -OCH3 is 1. The second kappa shape index (κ2) is 5.12. The van der Waals surface area contributed by atoms with Crippen LogP contribution in [0.4, 0.5) is 13.2 Å². The maximum absolute atomic E-state index is 12.4. The Morgan fingerprint density at radius 3 is 2.37 bits per heavy atom. The van der Waals surface area contributed by atoms with E-state index in [1.54, 1.807) is 0 Å². The third-order valence-corrected chi connectivity index (χ3v) is 2.19. The Hall–Kier alpha value is -2.32. The molecule has 0 spiro atoms. The Morgan fingerprint density at radius 1 is 1.37 bits per heavy atom. The van der Waals surface area contributed by atoms with Crippen molar-refractivity contribution in [1.82, 2.24) is 4.57 Å². The monoisotopic (exact) mass is 279 g/mol. The van der Waals surface area contributed by atoms with E-state index in [0.29, 0.717) is 4.57 Å². The summed E-state index contributed by atoms with van der Waals surface area (Å²) in [5, 5.41) is 8.79. The number of carbonyl (C=O) groups is 2. The number of hydrogen-bond donors (Lipinski definition) is 1. The first-order valence-electron chi connectivity index (χ1n) is 4.79. The summed E-state index contributed by atoms with van der Waals surface area (Å²) in [6.45, 7) is -0.783. The van der Waals surface area contributed by atoms with E-state index >= 15 is 0 Å². The number of carboxylic acid groups (broad SMARTS) is 1. The number of aromatic nitrogens is 1. The van der Waals surface area contributed by atoms with Crippen molar-refractivity contribution in [3.8, 4) is 0 Å². The van der Waals surface area contributed by atoms with E-state index < -0.39 is 41.5 Å². The van der Waals surface area contributed by atoms with Crippen LogP contribution in [0.15, 0.2) is 16.9 Å². The largest absolute Gasteiger partial charge is 0.477 e. The molecule has 0 aliphatic heterocycles. The van der Waals surface area contributed by atoms with E-state index in [-0.39, 0.29) is 12.1 Å². The number of esters is 1. The van der Waals surface area contributed by atoms with Gasteiger partial charge in [-0.1, -0.05) is 0 Å². The fraction of sp³-hybridized carbons (Fsp3) is 0.300. The van der Waals surface area contributed by atoms with Crippen LogP contribution < -0.4 is 5.56 Å². The Labute approximate surface area is 104 Å². The molecule has 0 amide bonds. The molecule has 0 radical (unpaired) electrons. The van der Waals surface area contributed by atoms with Crippen molar-refractivity contribution in [2.45, 2.75) is 12.7 Å². The summed E-state index contributed by atoms with van der Waals surface area (Å²) < 4.78 is 41.9. The van der Waals surface area contributed by atoms with Crippen LogP contribution in [0, 0.1) is 0 Å². The summed E-state index contributed by atoms with van der Waals surface area (Å²) in [5.41, 5.74) is -3.58. The topological polar surface area (TPSA) is 85.6 Å². The summed E-state index contributed by atoms with van der Waals surface area (Å²) in [4.78, 5) is 33.3. The van der Waals surface area contributed by atoms with Gasteiger partial charge in [0.05, 0.1) is 12.7 Å². The highest BCUT2D eigenvalue weighted by molar-refractivity contribution is 5.86. The third-order valence-electron chi connectivity index (χ3n) is 2.19. The minimum Gasteiger partial charge on any atom is -0.477 e. The van der Waals surface area contributed by atoms with Gasteiger partial charge in [-0.3, -0.25) is 14.2 Å². The summed E-state index contributed by atoms with van der Waals surface area (Å²) in [6, 6.07) is 0.502. The molecule has 1 aromatic heterocycles. The molecule has 1 heterocycles. The predicted molar refractivity (Wildman–Crippen MR) is 54.7 cm³/mol. The molecule has 0 aromatic carbocycles. The van der Waals surface area contributed by atoms with Gasteiger partial charge in [-0.05, 0) is 6.07 Å². The lowest BCUT2D eigenvalue weighted by Gasteiger charge is -2.12. The maximum atomic E-state index is 12.4. The van der Waals surface area contributed by atoms with Crippen molar-refractivity contribution >= 4 is 11.9 Å². The molecule has 0 saturated carbocycles. The number of aromatic carboxylic acids is 1. The summed E-state index contributed by atoms with van der Waals surface area (Å²) in [6.07, 6.45) is -4.85. The Morgan fingerprint density at radius 2 is 1.95 bits per heavy atom. The molecule has 1 aromatic rings. The molecule has 0 unspecified atom stereocenters. The van der Waals surface area contributed by atoms with Crippen LogP contribution in [0.2, 0.25) is 0 Å².